The molecule has 0 aromatic carbocycles. The Morgan fingerprint density at radius 3 is 2.60 bits per heavy atom. The smallest absolute Gasteiger partial charge is 0.150 e. The van der Waals surface area contributed by atoms with E-state index in [2.05, 4.69) is 16.9 Å². The number of methoxy groups -OCH3 is 1. The van der Waals surface area contributed by atoms with Crippen molar-refractivity contribution < 1.29 is 4.74 Å². The Morgan fingerprint density at radius 1 is 1.60 bits per heavy atom. The second-order valence-corrected chi connectivity index (χ2v) is 3.86. The summed E-state index contributed by atoms with van der Waals surface area (Å²) in [5.41, 5.74) is 7.58. The number of nitrogens with two attached hydrogens (primary N) is 1. The van der Waals surface area contributed by atoms with E-state index < -0.39 is 0 Å². The van der Waals surface area contributed by atoms with Gasteiger partial charge in [-0.3, -0.25) is 4.68 Å². The Hall–Kier alpha value is -1.23. The minimum Gasteiger partial charge on any atom is -0.394 e. The Kier molecular flexibility index (Phi) is 3.57. The van der Waals surface area contributed by atoms with Gasteiger partial charge in [-0.2, -0.15) is 5.10 Å². The monoisotopic (exact) mass is 212 g/mol. The molecule has 0 radical (unpaired) electrons. The first kappa shape index (κ1) is 11.8. The third-order valence-corrected chi connectivity index (χ3v) is 2.64. The molecule has 2 N–H and O–H groups in total. The largest absolute Gasteiger partial charge is 0.394 e. The van der Waals surface area contributed by atoms with E-state index in [1.165, 1.54) is 0 Å². The normalized spacial score (nSPS) is 12.9. The van der Waals surface area contributed by atoms with Crippen molar-refractivity contribution in [3.63, 3.8) is 0 Å². The van der Waals surface area contributed by atoms with Crippen molar-refractivity contribution in [2.45, 2.75) is 19.9 Å². The number of anilines is 2. The number of likely N-dealkylation sites (N-methyl/N-ethyl adjacent to an activating group) is 1. The Morgan fingerprint density at radius 2 is 2.20 bits per heavy atom. The van der Waals surface area contributed by atoms with Crippen molar-refractivity contribution in [2.24, 2.45) is 7.05 Å². The molecule has 86 valence electrons. The van der Waals surface area contributed by atoms with Crippen molar-refractivity contribution in [1.29, 1.82) is 0 Å². The Labute approximate surface area is 90.8 Å². The minimum absolute atomic E-state index is 0.270. The molecule has 5 heteroatoms. The first-order chi connectivity index (χ1) is 6.99. The van der Waals surface area contributed by atoms with Gasteiger partial charge in [-0.05, 0) is 13.8 Å². The predicted octanol–water partition coefficient (Wildman–Crippen LogP) is 0.782. The topological polar surface area (TPSA) is 56.3 Å². The van der Waals surface area contributed by atoms with E-state index >= 15 is 0 Å². The van der Waals surface area contributed by atoms with Gasteiger partial charge in [0.2, 0.25) is 0 Å². The Balaban J connectivity index is 2.94. The number of hydrogen-bond donors (Lipinski definition) is 1. The van der Waals surface area contributed by atoms with Crippen LogP contribution in [-0.2, 0) is 11.8 Å². The average Bonchev–Trinajstić information content (AvgIpc) is 2.41. The lowest BCUT2D eigenvalue weighted by Crippen LogP contribution is -2.34. The lowest BCUT2D eigenvalue weighted by molar-refractivity contribution is 0.183. The van der Waals surface area contributed by atoms with Crippen molar-refractivity contribution >= 4 is 11.5 Å². The number of hydrogen-bond acceptors (Lipinski definition) is 4. The molecule has 1 heterocycles. The number of nitrogen functional groups attached to an aromatic ring is 1. The fourth-order valence-electron chi connectivity index (χ4n) is 1.64. The first-order valence-corrected chi connectivity index (χ1v) is 4.99. The minimum atomic E-state index is 0.270. The molecule has 1 unspecified atom stereocenters. The van der Waals surface area contributed by atoms with Gasteiger partial charge < -0.3 is 15.4 Å². The van der Waals surface area contributed by atoms with Crippen LogP contribution in [0.3, 0.4) is 0 Å². The van der Waals surface area contributed by atoms with Gasteiger partial charge in [0.05, 0.1) is 24.0 Å². The van der Waals surface area contributed by atoms with Gasteiger partial charge in [-0.15, -0.1) is 0 Å². The highest BCUT2D eigenvalue weighted by atomic mass is 16.5. The second kappa shape index (κ2) is 4.53. The maximum atomic E-state index is 5.97. The van der Waals surface area contributed by atoms with Crippen LogP contribution in [0.25, 0.3) is 0 Å². The summed E-state index contributed by atoms with van der Waals surface area (Å²) in [5.74, 6) is 0.942. The molecule has 1 rings (SSSR count). The molecular weight excluding hydrogens is 192 g/mol. The van der Waals surface area contributed by atoms with E-state index in [1.807, 2.05) is 21.0 Å². The number of ether oxygens (including phenoxy) is 1. The SMILES string of the molecule is COCC(C)N(C)c1c(N)c(C)nn1C. The van der Waals surface area contributed by atoms with Gasteiger partial charge in [0.25, 0.3) is 0 Å². The molecule has 0 aliphatic heterocycles. The predicted molar refractivity (Wildman–Crippen MR) is 62.1 cm³/mol. The summed E-state index contributed by atoms with van der Waals surface area (Å²) in [6.07, 6.45) is 0. The van der Waals surface area contributed by atoms with Crippen LogP contribution in [0.4, 0.5) is 11.5 Å². The van der Waals surface area contributed by atoms with Crippen molar-refractivity contribution in [2.75, 3.05) is 31.4 Å². The Bertz CT molecular complexity index is 334. The third-order valence-electron chi connectivity index (χ3n) is 2.64. The molecule has 1 aromatic heterocycles. The maximum Gasteiger partial charge on any atom is 0.150 e. The van der Waals surface area contributed by atoms with Crippen LogP contribution >= 0.6 is 0 Å². The molecule has 0 bridgehead atoms. The van der Waals surface area contributed by atoms with E-state index in [0.29, 0.717) is 6.61 Å². The first-order valence-electron chi connectivity index (χ1n) is 4.99. The molecule has 15 heavy (non-hydrogen) atoms. The molecule has 0 saturated carbocycles. The lowest BCUT2D eigenvalue weighted by Gasteiger charge is -2.26. The maximum absolute atomic E-state index is 5.97. The van der Waals surface area contributed by atoms with Crippen LogP contribution in [0.2, 0.25) is 0 Å². The average molecular weight is 212 g/mol. The molecule has 5 nitrogen and oxygen atoms in total. The second-order valence-electron chi connectivity index (χ2n) is 3.86. The van der Waals surface area contributed by atoms with E-state index in [9.17, 15) is 0 Å². The zero-order valence-corrected chi connectivity index (χ0v) is 10.1. The highest BCUT2D eigenvalue weighted by molar-refractivity contribution is 5.66. The highest BCUT2D eigenvalue weighted by Crippen LogP contribution is 2.25. The molecule has 0 amide bonds. The fraction of sp³-hybridized carbons (Fsp3) is 0.700. The van der Waals surface area contributed by atoms with Gasteiger partial charge in [-0.1, -0.05) is 0 Å². The van der Waals surface area contributed by atoms with E-state index in [1.54, 1.807) is 11.8 Å². The van der Waals surface area contributed by atoms with Gasteiger partial charge >= 0.3 is 0 Å². The van der Waals surface area contributed by atoms with Crippen molar-refractivity contribution in [3.05, 3.63) is 5.69 Å². The van der Waals surface area contributed by atoms with Crippen LogP contribution in [0.5, 0.6) is 0 Å². The summed E-state index contributed by atoms with van der Waals surface area (Å²) in [4.78, 5) is 2.08. The van der Waals surface area contributed by atoms with Crippen LogP contribution in [0.1, 0.15) is 12.6 Å². The summed E-state index contributed by atoms with van der Waals surface area (Å²) >= 11 is 0. The molecule has 0 aliphatic carbocycles. The number of aryl methyl sites for hydroxylation is 2. The van der Waals surface area contributed by atoms with Gasteiger partial charge in [0.15, 0.2) is 0 Å². The quantitative estimate of drug-likeness (QED) is 0.801. The van der Waals surface area contributed by atoms with Crippen molar-refractivity contribution in [3.8, 4) is 0 Å². The molecule has 0 fully saturated rings. The van der Waals surface area contributed by atoms with E-state index in [4.69, 9.17) is 10.5 Å². The van der Waals surface area contributed by atoms with Crippen LogP contribution in [-0.4, -0.2) is 36.6 Å². The molecule has 0 aliphatic rings. The fourth-order valence-corrected chi connectivity index (χ4v) is 1.64. The van der Waals surface area contributed by atoms with Gasteiger partial charge in [0.1, 0.15) is 5.82 Å². The van der Waals surface area contributed by atoms with Crippen LogP contribution in [0.15, 0.2) is 0 Å². The van der Waals surface area contributed by atoms with Crippen molar-refractivity contribution in [1.82, 2.24) is 9.78 Å². The zero-order chi connectivity index (χ0) is 11.6. The molecule has 1 atom stereocenters. The van der Waals surface area contributed by atoms with Gasteiger partial charge in [-0.25, -0.2) is 0 Å². The molecule has 1 aromatic rings. The van der Waals surface area contributed by atoms with E-state index in [0.717, 1.165) is 17.2 Å². The standard InChI is InChI=1S/C10H20N4O/c1-7(6-15-5)13(3)10-9(11)8(2)12-14(10)4/h7H,6,11H2,1-5H3. The van der Waals surface area contributed by atoms with Gasteiger partial charge in [0, 0.05) is 21.2 Å². The van der Waals surface area contributed by atoms with Crippen LogP contribution in [0, 0.1) is 6.92 Å². The van der Waals surface area contributed by atoms with Crippen LogP contribution < -0.4 is 10.6 Å². The summed E-state index contributed by atoms with van der Waals surface area (Å²) < 4.78 is 6.92. The molecule has 0 saturated heterocycles. The highest BCUT2D eigenvalue weighted by Gasteiger charge is 2.18. The summed E-state index contributed by atoms with van der Waals surface area (Å²) in [6, 6.07) is 0.270. The zero-order valence-electron chi connectivity index (χ0n) is 10.1. The third kappa shape index (κ3) is 2.23. The molecule has 0 spiro atoms. The summed E-state index contributed by atoms with van der Waals surface area (Å²) in [7, 11) is 5.59. The number of aromatic nitrogens is 2. The molecular formula is C10H20N4O. The number of nitrogens with zero attached hydrogens (tertiary/aromatic N) is 3. The summed E-state index contributed by atoms with van der Waals surface area (Å²) in [5, 5.41) is 4.28. The number of rotatable bonds is 4. The lowest BCUT2D eigenvalue weighted by atomic mass is 10.3. The van der Waals surface area contributed by atoms with E-state index in [-0.39, 0.29) is 6.04 Å². The summed E-state index contributed by atoms with van der Waals surface area (Å²) in [6.45, 7) is 4.67.